The highest BCUT2D eigenvalue weighted by Gasteiger charge is 2.21. The molecule has 1 fully saturated rings. The van der Waals surface area contributed by atoms with E-state index in [4.69, 9.17) is 11.6 Å². The molecule has 1 aliphatic heterocycles. The highest BCUT2D eigenvalue weighted by atomic mass is 35.5. The Morgan fingerprint density at radius 2 is 1.78 bits per heavy atom. The summed E-state index contributed by atoms with van der Waals surface area (Å²) in [4.78, 5) is 21.2. The van der Waals surface area contributed by atoms with E-state index in [1.807, 2.05) is 47.5 Å². The Kier molecular flexibility index (Phi) is 5.23. The lowest BCUT2D eigenvalue weighted by Crippen LogP contribution is -2.49. The number of nitrogens with zero attached hydrogens (tertiary/aromatic N) is 3. The molecule has 2 amide bonds. The van der Waals surface area contributed by atoms with Crippen molar-refractivity contribution < 1.29 is 4.79 Å². The molecule has 0 spiro atoms. The molecule has 1 saturated heterocycles. The molecule has 0 radical (unpaired) electrons. The number of urea groups is 1. The number of para-hydroxylation sites is 2. The first-order chi connectivity index (χ1) is 13.2. The van der Waals surface area contributed by atoms with Crippen LogP contribution in [-0.2, 0) is 6.54 Å². The summed E-state index contributed by atoms with van der Waals surface area (Å²) in [6, 6.07) is 17.5. The summed E-state index contributed by atoms with van der Waals surface area (Å²) >= 11 is 6.11. The molecule has 2 heterocycles. The number of amides is 2. The maximum absolute atomic E-state index is 12.5. The number of benzene rings is 2. The molecule has 6 heteroatoms. The highest BCUT2D eigenvalue weighted by Crippen LogP contribution is 2.21. The quantitative estimate of drug-likeness (QED) is 0.739. The molecule has 5 nitrogen and oxygen atoms in total. The van der Waals surface area contributed by atoms with Crippen LogP contribution in [-0.4, -0.2) is 47.0 Å². The van der Waals surface area contributed by atoms with Crippen LogP contribution in [0.2, 0.25) is 5.02 Å². The van der Waals surface area contributed by atoms with Gasteiger partial charge in [0.1, 0.15) is 0 Å². The Labute approximate surface area is 163 Å². The lowest BCUT2D eigenvalue weighted by molar-refractivity contribution is 0.143. The number of halogens is 1. The van der Waals surface area contributed by atoms with Crippen molar-refractivity contribution in [3.63, 3.8) is 0 Å². The smallest absolute Gasteiger partial charge is 0.321 e. The third-order valence-corrected chi connectivity index (χ3v) is 5.16. The van der Waals surface area contributed by atoms with Crippen LogP contribution in [0.5, 0.6) is 0 Å². The number of hydrogen-bond acceptors (Lipinski definition) is 3. The largest absolute Gasteiger partial charge is 0.322 e. The Bertz CT molecular complexity index is 954. The summed E-state index contributed by atoms with van der Waals surface area (Å²) in [5.41, 5.74) is 2.86. The Morgan fingerprint density at radius 3 is 2.59 bits per heavy atom. The van der Waals surface area contributed by atoms with Crippen LogP contribution >= 0.6 is 11.6 Å². The number of hydrogen-bond donors (Lipinski definition) is 1. The number of carbonyl (C=O) groups excluding carboxylic acids is 1. The third kappa shape index (κ3) is 4.21. The van der Waals surface area contributed by atoms with Crippen LogP contribution in [0.15, 0.2) is 60.8 Å². The van der Waals surface area contributed by atoms with Gasteiger partial charge in [-0.25, -0.2) is 4.79 Å². The van der Waals surface area contributed by atoms with Crippen LogP contribution in [0.3, 0.4) is 0 Å². The molecule has 3 aromatic rings. The zero-order valence-corrected chi connectivity index (χ0v) is 15.7. The van der Waals surface area contributed by atoms with Crippen LogP contribution in [0.4, 0.5) is 10.5 Å². The van der Waals surface area contributed by atoms with E-state index >= 15 is 0 Å². The Hall–Kier alpha value is -2.63. The summed E-state index contributed by atoms with van der Waals surface area (Å²) in [7, 11) is 0. The summed E-state index contributed by atoms with van der Waals surface area (Å²) in [6.07, 6.45) is 1.94. The van der Waals surface area contributed by atoms with Crippen molar-refractivity contribution in [2.45, 2.75) is 6.54 Å². The van der Waals surface area contributed by atoms with Crippen molar-refractivity contribution in [2.24, 2.45) is 0 Å². The molecule has 2 aromatic carbocycles. The second-order valence-electron chi connectivity index (χ2n) is 6.71. The number of nitrogens with one attached hydrogen (secondary N) is 1. The van der Waals surface area contributed by atoms with E-state index in [9.17, 15) is 4.79 Å². The molecule has 0 unspecified atom stereocenters. The predicted octanol–water partition coefficient (Wildman–Crippen LogP) is 4.24. The van der Waals surface area contributed by atoms with Crippen molar-refractivity contribution in [3.8, 4) is 0 Å². The molecule has 0 atom stereocenters. The van der Waals surface area contributed by atoms with E-state index in [2.05, 4.69) is 27.3 Å². The molecular formula is C21H21ClN4O. The van der Waals surface area contributed by atoms with Crippen molar-refractivity contribution >= 4 is 34.2 Å². The number of anilines is 1. The maximum atomic E-state index is 12.5. The summed E-state index contributed by atoms with van der Waals surface area (Å²) in [5, 5.41) is 4.60. The molecule has 1 N–H and O–H groups in total. The minimum absolute atomic E-state index is 0.102. The predicted molar refractivity (Wildman–Crippen MR) is 109 cm³/mol. The molecule has 0 aliphatic carbocycles. The molecule has 27 heavy (non-hydrogen) atoms. The second kappa shape index (κ2) is 7.94. The first-order valence-electron chi connectivity index (χ1n) is 9.05. The molecule has 1 aliphatic rings. The molecule has 138 valence electrons. The Morgan fingerprint density at radius 1 is 1.04 bits per heavy atom. The van der Waals surface area contributed by atoms with Crippen LogP contribution < -0.4 is 5.32 Å². The zero-order chi connectivity index (χ0) is 18.6. The molecule has 4 rings (SSSR count). The van der Waals surface area contributed by atoms with Gasteiger partial charge in [0.05, 0.1) is 16.2 Å². The lowest BCUT2D eigenvalue weighted by atomic mass is 10.1. The normalized spacial score (nSPS) is 15.1. The highest BCUT2D eigenvalue weighted by molar-refractivity contribution is 6.33. The summed E-state index contributed by atoms with van der Waals surface area (Å²) in [5.74, 6) is 0. The van der Waals surface area contributed by atoms with Gasteiger partial charge in [-0.1, -0.05) is 41.9 Å². The third-order valence-electron chi connectivity index (χ3n) is 4.83. The monoisotopic (exact) mass is 380 g/mol. The fourth-order valence-corrected chi connectivity index (χ4v) is 3.51. The van der Waals surface area contributed by atoms with E-state index in [1.54, 1.807) is 6.07 Å². The van der Waals surface area contributed by atoms with E-state index in [1.165, 1.54) is 5.56 Å². The number of pyridine rings is 1. The van der Waals surface area contributed by atoms with Gasteiger partial charge in [0.25, 0.3) is 0 Å². The Balaban J connectivity index is 1.33. The average molecular weight is 381 g/mol. The molecule has 0 saturated carbocycles. The lowest BCUT2D eigenvalue weighted by Gasteiger charge is -2.34. The van der Waals surface area contributed by atoms with Gasteiger partial charge in [-0.05, 0) is 29.8 Å². The van der Waals surface area contributed by atoms with Crippen LogP contribution in [0.1, 0.15) is 5.56 Å². The molecule has 0 bridgehead atoms. The fourth-order valence-electron chi connectivity index (χ4n) is 3.33. The van der Waals surface area contributed by atoms with Gasteiger partial charge in [0.2, 0.25) is 0 Å². The molecule has 1 aromatic heterocycles. The summed E-state index contributed by atoms with van der Waals surface area (Å²) < 4.78 is 0. The zero-order valence-electron chi connectivity index (χ0n) is 14.9. The number of carbonyl (C=O) groups is 1. The SMILES string of the molecule is O=C(Nc1ccccc1Cl)N1CCN(Cc2cnc3ccccc3c2)CC1. The van der Waals surface area contributed by atoms with Crippen molar-refractivity contribution in [1.29, 1.82) is 0 Å². The van der Waals surface area contributed by atoms with Gasteiger partial charge in [-0.2, -0.15) is 0 Å². The molecular weight excluding hydrogens is 360 g/mol. The fraction of sp³-hybridized carbons (Fsp3) is 0.238. The van der Waals surface area contributed by atoms with Crippen LogP contribution in [0.25, 0.3) is 10.9 Å². The van der Waals surface area contributed by atoms with E-state index in [-0.39, 0.29) is 6.03 Å². The number of aromatic nitrogens is 1. The van der Waals surface area contributed by atoms with Gasteiger partial charge < -0.3 is 10.2 Å². The number of fused-ring (bicyclic) bond motifs is 1. The summed E-state index contributed by atoms with van der Waals surface area (Å²) in [6.45, 7) is 3.90. The van der Waals surface area contributed by atoms with Crippen molar-refractivity contribution in [2.75, 3.05) is 31.5 Å². The number of rotatable bonds is 3. The number of piperazine rings is 1. The van der Waals surface area contributed by atoms with Gasteiger partial charge in [-0.3, -0.25) is 9.88 Å². The first kappa shape index (κ1) is 17.8. The average Bonchev–Trinajstić information content (AvgIpc) is 2.70. The van der Waals surface area contributed by atoms with Gasteiger partial charge in [-0.15, -0.1) is 0 Å². The van der Waals surface area contributed by atoms with E-state index in [0.29, 0.717) is 23.8 Å². The minimum atomic E-state index is -0.102. The van der Waals surface area contributed by atoms with Gasteiger partial charge >= 0.3 is 6.03 Å². The maximum Gasteiger partial charge on any atom is 0.321 e. The topological polar surface area (TPSA) is 48.5 Å². The van der Waals surface area contributed by atoms with Gasteiger partial charge in [0.15, 0.2) is 0 Å². The second-order valence-corrected chi connectivity index (χ2v) is 7.12. The minimum Gasteiger partial charge on any atom is -0.322 e. The van der Waals surface area contributed by atoms with Crippen molar-refractivity contribution in [1.82, 2.24) is 14.8 Å². The van der Waals surface area contributed by atoms with Crippen LogP contribution in [0, 0.1) is 0 Å². The van der Waals surface area contributed by atoms with E-state index in [0.717, 1.165) is 30.5 Å². The first-order valence-corrected chi connectivity index (χ1v) is 9.43. The standard InChI is InChI=1S/C21H21ClN4O/c22-18-6-2-4-8-20(18)24-21(27)26-11-9-25(10-12-26)15-16-13-17-5-1-3-7-19(17)23-14-16/h1-8,13-14H,9-12,15H2,(H,24,27). The van der Waals surface area contributed by atoms with E-state index < -0.39 is 0 Å². The van der Waals surface area contributed by atoms with Gasteiger partial charge in [0, 0.05) is 44.3 Å². The van der Waals surface area contributed by atoms with Crippen molar-refractivity contribution in [3.05, 3.63) is 71.4 Å².